The van der Waals surface area contributed by atoms with Crippen molar-refractivity contribution in [2.45, 2.75) is 6.54 Å². The Hall–Kier alpha value is -2.07. The van der Waals surface area contributed by atoms with Gasteiger partial charge in [0.05, 0.1) is 11.6 Å². The van der Waals surface area contributed by atoms with Gasteiger partial charge in [-0.1, -0.05) is 36.4 Å². The molecule has 0 radical (unpaired) electrons. The number of methoxy groups -OCH3 is 1. The lowest BCUT2D eigenvalue weighted by atomic mass is 10.2. The Balaban J connectivity index is 2.00. The first-order valence-electron chi connectivity index (χ1n) is 6.91. The summed E-state index contributed by atoms with van der Waals surface area (Å²) in [6.45, 7) is 0.594. The summed E-state index contributed by atoms with van der Waals surface area (Å²) in [6.07, 6.45) is 3.38. The third-order valence-electron chi connectivity index (χ3n) is 3.23. The highest BCUT2D eigenvalue weighted by Gasteiger charge is 2.06. The molecule has 0 atom stereocenters. The van der Waals surface area contributed by atoms with Gasteiger partial charge in [0, 0.05) is 19.7 Å². The van der Waals surface area contributed by atoms with E-state index in [1.807, 2.05) is 48.5 Å². The molecular weight excluding hydrogens is 342 g/mol. The fourth-order valence-electron chi connectivity index (χ4n) is 2.02. The van der Waals surface area contributed by atoms with Crippen molar-refractivity contribution >= 4 is 27.9 Å². The molecule has 0 spiro atoms. The summed E-state index contributed by atoms with van der Waals surface area (Å²) >= 11 is 3.43. The molecule has 0 aliphatic carbocycles. The second kappa shape index (κ2) is 7.80. The molecular formula is C18H18BrNO2. The Kier molecular flexibility index (Phi) is 5.78. The average molecular weight is 360 g/mol. The monoisotopic (exact) mass is 359 g/mol. The lowest BCUT2D eigenvalue weighted by molar-refractivity contribution is -0.125. The quantitative estimate of drug-likeness (QED) is 0.751. The molecule has 0 saturated heterocycles. The molecule has 2 rings (SSSR count). The normalized spacial score (nSPS) is 10.7. The van der Waals surface area contributed by atoms with Crippen molar-refractivity contribution in [3.63, 3.8) is 0 Å². The van der Waals surface area contributed by atoms with Crippen LogP contribution in [0.5, 0.6) is 5.75 Å². The summed E-state index contributed by atoms with van der Waals surface area (Å²) in [4.78, 5) is 13.8. The lowest BCUT2D eigenvalue weighted by Crippen LogP contribution is -2.23. The van der Waals surface area contributed by atoms with Gasteiger partial charge in [-0.15, -0.1) is 0 Å². The predicted octanol–water partition coefficient (Wildman–Crippen LogP) is 4.13. The maximum Gasteiger partial charge on any atom is 0.246 e. The molecule has 22 heavy (non-hydrogen) atoms. The number of amides is 1. The van der Waals surface area contributed by atoms with Crippen molar-refractivity contribution in [1.29, 1.82) is 0 Å². The van der Waals surface area contributed by atoms with Crippen molar-refractivity contribution in [2.75, 3.05) is 14.2 Å². The molecule has 2 aromatic rings. The highest BCUT2D eigenvalue weighted by atomic mass is 79.9. The number of hydrogen-bond acceptors (Lipinski definition) is 2. The number of likely N-dealkylation sites (N-methyl/N-ethyl adjacent to an activating group) is 1. The summed E-state index contributed by atoms with van der Waals surface area (Å²) in [5.74, 6) is 0.737. The van der Waals surface area contributed by atoms with E-state index in [2.05, 4.69) is 15.9 Å². The van der Waals surface area contributed by atoms with Crippen LogP contribution in [0.2, 0.25) is 0 Å². The summed E-state index contributed by atoms with van der Waals surface area (Å²) in [5.41, 5.74) is 2.05. The first-order valence-corrected chi connectivity index (χ1v) is 7.70. The Labute approximate surface area is 139 Å². The standard InChI is InChI=1S/C18H18BrNO2/c1-20(13-15-6-4-3-5-7-15)18(21)11-9-14-8-10-17(22-2)16(19)12-14/h3-12H,13H2,1-2H3/b11-9+. The van der Waals surface area contributed by atoms with Crippen LogP contribution in [0.15, 0.2) is 59.1 Å². The number of hydrogen-bond donors (Lipinski definition) is 0. The predicted molar refractivity (Wildman–Crippen MR) is 92.6 cm³/mol. The van der Waals surface area contributed by atoms with E-state index in [1.165, 1.54) is 0 Å². The zero-order valence-electron chi connectivity index (χ0n) is 12.6. The van der Waals surface area contributed by atoms with Crippen LogP contribution in [-0.2, 0) is 11.3 Å². The molecule has 0 aliphatic heterocycles. The fraction of sp³-hybridized carbons (Fsp3) is 0.167. The molecule has 0 unspecified atom stereocenters. The van der Waals surface area contributed by atoms with E-state index in [0.717, 1.165) is 21.3 Å². The molecule has 0 bridgehead atoms. The molecule has 114 valence electrons. The summed E-state index contributed by atoms with van der Waals surface area (Å²) in [6, 6.07) is 15.6. The second-order valence-corrected chi connectivity index (χ2v) is 5.76. The van der Waals surface area contributed by atoms with Gasteiger partial charge in [-0.3, -0.25) is 4.79 Å². The van der Waals surface area contributed by atoms with Gasteiger partial charge in [-0.05, 0) is 45.3 Å². The topological polar surface area (TPSA) is 29.5 Å². The summed E-state index contributed by atoms with van der Waals surface area (Å²) in [7, 11) is 3.42. The Morgan fingerprint density at radius 2 is 1.95 bits per heavy atom. The van der Waals surface area contributed by atoms with Crippen LogP contribution in [0, 0.1) is 0 Å². The number of carbonyl (C=O) groups is 1. The van der Waals surface area contributed by atoms with E-state index < -0.39 is 0 Å². The van der Waals surface area contributed by atoms with Crippen LogP contribution < -0.4 is 4.74 Å². The third kappa shape index (κ3) is 4.46. The maximum absolute atomic E-state index is 12.1. The fourth-order valence-corrected chi connectivity index (χ4v) is 2.57. The van der Waals surface area contributed by atoms with Gasteiger partial charge in [0.1, 0.15) is 5.75 Å². The number of benzene rings is 2. The molecule has 0 N–H and O–H groups in total. The highest BCUT2D eigenvalue weighted by molar-refractivity contribution is 9.10. The van der Waals surface area contributed by atoms with Gasteiger partial charge in [-0.25, -0.2) is 0 Å². The number of nitrogens with zero attached hydrogens (tertiary/aromatic N) is 1. The van der Waals surface area contributed by atoms with Crippen molar-refractivity contribution < 1.29 is 9.53 Å². The van der Waals surface area contributed by atoms with Crippen molar-refractivity contribution in [1.82, 2.24) is 4.90 Å². The van der Waals surface area contributed by atoms with Crippen molar-refractivity contribution in [3.8, 4) is 5.75 Å². The Morgan fingerprint density at radius 3 is 2.59 bits per heavy atom. The van der Waals surface area contributed by atoms with Gasteiger partial charge >= 0.3 is 0 Å². The second-order valence-electron chi connectivity index (χ2n) is 4.91. The van der Waals surface area contributed by atoms with Gasteiger partial charge in [0.2, 0.25) is 5.91 Å². The van der Waals surface area contributed by atoms with E-state index >= 15 is 0 Å². The first-order chi connectivity index (χ1) is 10.6. The molecule has 0 fully saturated rings. The highest BCUT2D eigenvalue weighted by Crippen LogP contribution is 2.25. The van der Waals surface area contributed by atoms with Crippen LogP contribution in [0.3, 0.4) is 0 Å². The molecule has 4 heteroatoms. The summed E-state index contributed by atoms with van der Waals surface area (Å²) in [5, 5.41) is 0. The zero-order chi connectivity index (χ0) is 15.9. The van der Waals surface area contributed by atoms with E-state index in [-0.39, 0.29) is 5.91 Å². The van der Waals surface area contributed by atoms with Crippen LogP contribution >= 0.6 is 15.9 Å². The zero-order valence-corrected chi connectivity index (χ0v) is 14.2. The van der Waals surface area contributed by atoms with Crippen LogP contribution in [0.1, 0.15) is 11.1 Å². The Bertz CT molecular complexity index is 668. The van der Waals surface area contributed by atoms with E-state index in [0.29, 0.717) is 6.54 Å². The molecule has 0 aromatic heterocycles. The molecule has 3 nitrogen and oxygen atoms in total. The number of carbonyl (C=O) groups excluding carboxylic acids is 1. The maximum atomic E-state index is 12.1. The largest absolute Gasteiger partial charge is 0.496 e. The van der Waals surface area contributed by atoms with Gasteiger partial charge < -0.3 is 9.64 Å². The molecule has 0 aliphatic rings. The first kappa shape index (κ1) is 16.3. The molecule has 0 saturated carbocycles. The van der Waals surface area contributed by atoms with Crippen molar-refractivity contribution in [2.24, 2.45) is 0 Å². The van der Waals surface area contributed by atoms with Gasteiger partial charge in [0.15, 0.2) is 0 Å². The third-order valence-corrected chi connectivity index (χ3v) is 3.85. The average Bonchev–Trinajstić information content (AvgIpc) is 2.53. The van der Waals surface area contributed by atoms with Crippen LogP contribution in [0.25, 0.3) is 6.08 Å². The smallest absolute Gasteiger partial charge is 0.246 e. The number of halogens is 1. The molecule has 0 heterocycles. The minimum Gasteiger partial charge on any atom is -0.496 e. The Morgan fingerprint density at radius 1 is 1.23 bits per heavy atom. The number of rotatable bonds is 5. The molecule has 2 aromatic carbocycles. The van der Waals surface area contributed by atoms with Crippen molar-refractivity contribution in [3.05, 3.63) is 70.2 Å². The lowest BCUT2D eigenvalue weighted by Gasteiger charge is -2.15. The van der Waals surface area contributed by atoms with Gasteiger partial charge in [-0.2, -0.15) is 0 Å². The molecule has 1 amide bonds. The minimum atomic E-state index is -0.0317. The number of ether oxygens (including phenoxy) is 1. The van der Waals surface area contributed by atoms with E-state index in [9.17, 15) is 4.79 Å². The van der Waals surface area contributed by atoms with E-state index in [1.54, 1.807) is 31.2 Å². The van der Waals surface area contributed by atoms with Gasteiger partial charge in [0.25, 0.3) is 0 Å². The van der Waals surface area contributed by atoms with Crippen LogP contribution in [0.4, 0.5) is 0 Å². The minimum absolute atomic E-state index is 0.0317. The summed E-state index contributed by atoms with van der Waals surface area (Å²) < 4.78 is 6.05. The van der Waals surface area contributed by atoms with E-state index in [4.69, 9.17) is 4.74 Å². The van der Waals surface area contributed by atoms with Crippen LogP contribution in [-0.4, -0.2) is 25.0 Å². The SMILES string of the molecule is COc1ccc(/C=C/C(=O)N(C)Cc2ccccc2)cc1Br.